The van der Waals surface area contributed by atoms with Gasteiger partial charge in [0.25, 0.3) is 0 Å². The van der Waals surface area contributed by atoms with Crippen LogP contribution in [-0.2, 0) is 32.5 Å². The van der Waals surface area contributed by atoms with Crippen LogP contribution in [0.1, 0.15) is 150 Å². The Kier molecular flexibility index (Phi) is 13.3. The maximum Gasteiger partial charge on any atom is 0.0543 e. The minimum Gasteiger partial charge on any atom is -0.310 e. The van der Waals surface area contributed by atoms with Gasteiger partial charge in [-0.15, -0.1) is 0 Å². The quantitative estimate of drug-likeness (QED) is 0.144. The van der Waals surface area contributed by atoms with Crippen molar-refractivity contribution in [1.82, 2.24) is 0 Å². The number of benzene rings is 17. The Bertz CT molecular complexity index is 7140. The fraction of sp³-hybridized carbons (Fsp3) is 0.161. The number of anilines is 3. The first-order chi connectivity index (χ1) is 54.5. The summed E-state index contributed by atoms with van der Waals surface area (Å²) in [7, 11) is 0. The Morgan fingerprint density at radius 3 is 0.973 bits per heavy atom. The molecule has 17 aromatic rings. The van der Waals surface area contributed by atoms with E-state index in [9.17, 15) is 0 Å². The van der Waals surface area contributed by atoms with Crippen LogP contribution in [0, 0.1) is 0 Å². The highest BCUT2D eigenvalue weighted by Crippen LogP contribution is 2.62. The molecule has 6 aliphatic rings. The summed E-state index contributed by atoms with van der Waals surface area (Å²) in [6.45, 7) is 29.1. The molecule has 0 atom stereocenters. The molecule has 0 saturated carbocycles. The van der Waals surface area contributed by atoms with Crippen LogP contribution in [0.4, 0.5) is 17.1 Å². The van der Waals surface area contributed by atoms with E-state index in [0.29, 0.717) is 0 Å². The lowest BCUT2D eigenvalue weighted by Crippen LogP contribution is -2.18. The van der Waals surface area contributed by atoms with Crippen LogP contribution in [0.5, 0.6) is 0 Å². The summed E-state index contributed by atoms with van der Waals surface area (Å²) in [6, 6.07) is 120. The Balaban J connectivity index is 0.632. The molecule has 0 unspecified atom stereocenters. The standard InChI is InChI=1S/C112H87N/c1-107(2)93-34-21-19-28-78(93)80-50-41-67(55-95(80)107)69-43-52-83-82-49-40-66(54-97(82)109(5,6)98(83)57-69)64-36-45-71(46-37-64)113(72-47-38-65(39-48-72)73-32-23-33-87-84-53-44-70(58-99(84)112(11,12)106(73)87)68-42-51-81-79-29-20-22-35-94(79)108(3,4)96(81)56-68)104-63-103-105(86-31-18-17-30-85(86)104)92-62-101-91(61-102(92)111(103,9)10)90-59-88-76-26-15-13-24-74(76)75-25-14-16-27-77(75)89(88)60-100(90)110(101,7)8/h13-63H,1-12H3. The van der Waals surface area contributed by atoms with Crippen molar-refractivity contribution in [3.8, 4) is 111 Å². The maximum atomic E-state index is 2.61. The summed E-state index contributed by atoms with van der Waals surface area (Å²) in [5.41, 5.74) is 44.9. The van der Waals surface area contributed by atoms with E-state index in [1.807, 2.05) is 0 Å². The van der Waals surface area contributed by atoms with Crippen molar-refractivity contribution in [2.24, 2.45) is 0 Å². The van der Waals surface area contributed by atoms with Crippen molar-refractivity contribution in [3.63, 3.8) is 0 Å². The maximum absolute atomic E-state index is 2.61. The Morgan fingerprint density at radius 2 is 0.478 bits per heavy atom. The van der Waals surface area contributed by atoms with Gasteiger partial charge >= 0.3 is 0 Å². The molecule has 0 radical (unpaired) electrons. The van der Waals surface area contributed by atoms with Gasteiger partial charge in [0, 0.05) is 49.3 Å². The molecule has 0 N–H and O–H groups in total. The van der Waals surface area contributed by atoms with E-state index < -0.39 is 0 Å². The molecule has 1 heteroatoms. The van der Waals surface area contributed by atoms with Crippen LogP contribution in [0.25, 0.3) is 154 Å². The molecule has 6 aliphatic carbocycles. The zero-order valence-electron chi connectivity index (χ0n) is 66.4. The summed E-state index contributed by atoms with van der Waals surface area (Å²) >= 11 is 0. The number of fused-ring (bicyclic) bond motifs is 26. The summed E-state index contributed by atoms with van der Waals surface area (Å²) in [5.74, 6) is 0. The van der Waals surface area contributed by atoms with E-state index in [2.05, 4.69) is 397 Å². The molecule has 0 heterocycles. The lowest BCUT2D eigenvalue weighted by atomic mass is 9.78. The molecular formula is C112H87N. The second-order valence-corrected chi connectivity index (χ2v) is 36.6. The molecule has 17 aromatic carbocycles. The van der Waals surface area contributed by atoms with Crippen molar-refractivity contribution >= 4 is 60.2 Å². The largest absolute Gasteiger partial charge is 0.310 e. The second kappa shape index (κ2) is 22.7. The summed E-state index contributed by atoms with van der Waals surface area (Å²) in [4.78, 5) is 2.56. The van der Waals surface area contributed by atoms with Gasteiger partial charge in [0.15, 0.2) is 0 Å². The molecule has 0 spiro atoms. The van der Waals surface area contributed by atoms with Crippen LogP contribution in [0.3, 0.4) is 0 Å². The fourth-order valence-electron chi connectivity index (χ4n) is 22.6. The molecule has 0 saturated heterocycles. The van der Waals surface area contributed by atoms with Crippen LogP contribution in [-0.4, -0.2) is 0 Å². The number of hydrogen-bond donors (Lipinski definition) is 0. The predicted molar refractivity (Wildman–Crippen MR) is 478 cm³/mol. The van der Waals surface area contributed by atoms with Gasteiger partial charge in [-0.25, -0.2) is 0 Å². The third kappa shape index (κ3) is 8.94. The van der Waals surface area contributed by atoms with Crippen molar-refractivity contribution in [3.05, 3.63) is 376 Å². The molecule has 1 nitrogen and oxygen atoms in total. The minimum absolute atomic E-state index is 0.0637. The molecule has 0 aliphatic heterocycles. The highest BCUT2D eigenvalue weighted by atomic mass is 15.1. The topological polar surface area (TPSA) is 3.24 Å². The van der Waals surface area contributed by atoms with Crippen LogP contribution >= 0.6 is 0 Å². The molecule has 0 aromatic heterocycles. The molecule has 0 amide bonds. The number of rotatable bonds is 7. The van der Waals surface area contributed by atoms with Crippen LogP contribution in [0.2, 0.25) is 0 Å². The van der Waals surface area contributed by atoms with Gasteiger partial charge in [-0.05, 0) is 301 Å². The van der Waals surface area contributed by atoms with Gasteiger partial charge in [0.2, 0.25) is 0 Å². The van der Waals surface area contributed by atoms with E-state index in [0.717, 1.165) is 11.4 Å². The third-order valence-corrected chi connectivity index (χ3v) is 28.6. The fourth-order valence-corrected chi connectivity index (χ4v) is 22.6. The number of hydrogen-bond acceptors (Lipinski definition) is 1. The van der Waals surface area contributed by atoms with E-state index in [4.69, 9.17) is 0 Å². The zero-order chi connectivity index (χ0) is 76.5. The van der Waals surface area contributed by atoms with Gasteiger partial charge in [-0.3, -0.25) is 0 Å². The Hall–Kier alpha value is -12.4. The van der Waals surface area contributed by atoms with Gasteiger partial charge in [-0.2, -0.15) is 0 Å². The van der Waals surface area contributed by atoms with Crippen molar-refractivity contribution < 1.29 is 0 Å². The van der Waals surface area contributed by atoms with Crippen molar-refractivity contribution in [2.75, 3.05) is 4.90 Å². The SMILES string of the molecule is CC1(C)c2ccccc2-c2ccc(-c3ccc4c(c3)C(C)(C)c3cc(-c5ccc(N(c6ccc(-c7cccc8c7C(C)(C)c7cc(-c9ccc%10c(c9)C(C)(C)c9ccccc9-%10)ccc7-8)cc6)c6cc7c(c8ccccc68)-c6cc8c(cc6C7(C)C)-c6cc7c9ccccc9c9ccccc9c7cc6C8(C)C)cc5)ccc3-4)cc21. The smallest absolute Gasteiger partial charge is 0.0543 e. The molecule has 23 rings (SSSR count). The first-order valence-electron chi connectivity index (χ1n) is 40.8. The molecule has 540 valence electrons. The molecule has 0 bridgehead atoms. The van der Waals surface area contributed by atoms with E-state index >= 15 is 0 Å². The number of nitrogens with zero attached hydrogens (tertiary/aromatic N) is 1. The molecule has 113 heavy (non-hydrogen) atoms. The van der Waals surface area contributed by atoms with Crippen LogP contribution in [0.15, 0.2) is 309 Å². The highest BCUT2D eigenvalue weighted by Gasteiger charge is 2.46. The monoisotopic (exact) mass is 1450 g/mol. The summed E-state index contributed by atoms with van der Waals surface area (Å²) in [6.07, 6.45) is 0. The van der Waals surface area contributed by atoms with Crippen molar-refractivity contribution in [2.45, 2.75) is 116 Å². The van der Waals surface area contributed by atoms with Gasteiger partial charge in [-0.1, -0.05) is 308 Å². The minimum atomic E-state index is -0.345. The first-order valence-corrected chi connectivity index (χ1v) is 40.8. The Labute approximate surface area is 663 Å². The molecule has 0 fully saturated rings. The second-order valence-electron chi connectivity index (χ2n) is 36.6. The van der Waals surface area contributed by atoms with E-state index in [-0.39, 0.29) is 32.5 Å². The predicted octanol–water partition coefficient (Wildman–Crippen LogP) is 30.3. The van der Waals surface area contributed by atoms with Gasteiger partial charge in [0.1, 0.15) is 0 Å². The lowest BCUT2D eigenvalue weighted by Gasteiger charge is -2.30. The van der Waals surface area contributed by atoms with Gasteiger partial charge < -0.3 is 4.90 Å². The normalized spacial score (nSPS) is 16.0. The summed E-state index contributed by atoms with van der Waals surface area (Å²) in [5, 5.41) is 10.4. The first kappa shape index (κ1) is 66.4. The zero-order valence-corrected chi connectivity index (χ0v) is 66.4. The van der Waals surface area contributed by atoms with E-state index in [1.165, 1.54) is 227 Å². The molecular weight excluding hydrogens is 1360 g/mol. The highest BCUT2D eigenvalue weighted by molar-refractivity contribution is 6.26. The van der Waals surface area contributed by atoms with Gasteiger partial charge in [0.05, 0.1) is 5.69 Å². The lowest BCUT2D eigenvalue weighted by molar-refractivity contribution is 0.652. The summed E-state index contributed by atoms with van der Waals surface area (Å²) < 4.78 is 0. The van der Waals surface area contributed by atoms with Crippen LogP contribution < -0.4 is 4.90 Å². The third-order valence-electron chi connectivity index (χ3n) is 28.6. The van der Waals surface area contributed by atoms with E-state index in [1.54, 1.807) is 0 Å². The van der Waals surface area contributed by atoms with Crippen molar-refractivity contribution in [1.29, 1.82) is 0 Å². The Morgan fingerprint density at radius 1 is 0.168 bits per heavy atom. The average molecular weight is 1450 g/mol. The average Bonchev–Trinajstić information content (AvgIpc) is 1.53.